The fourth-order valence-electron chi connectivity index (χ4n) is 2.76. The Morgan fingerprint density at radius 3 is 2.67 bits per heavy atom. The maximum absolute atomic E-state index is 4.49. The summed E-state index contributed by atoms with van der Waals surface area (Å²) in [5.74, 6) is 0.903. The largest absolute Gasteiger partial charge is 0.356 e. The number of aliphatic imine (C=N–C) groups is 1. The first-order valence-corrected chi connectivity index (χ1v) is 8.93. The maximum Gasteiger partial charge on any atom is 0.193 e. The van der Waals surface area contributed by atoms with Crippen LogP contribution >= 0.6 is 15.9 Å². The number of hydrogen-bond donors (Lipinski definition) is 1. The second-order valence-corrected chi connectivity index (χ2v) is 7.01. The molecule has 24 heavy (non-hydrogen) atoms. The minimum Gasteiger partial charge on any atom is -0.356 e. The molecule has 0 saturated carbocycles. The molecule has 1 N–H and O–H groups in total. The van der Waals surface area contributed by atoms with Crippen molar-refractivity contribution < 1.29 is 0 Å². The number of rotatable bonds is 6. The van der Waals surface area contributed by atoms with Crippen molar-refractivity contribution in [3.05, 3.63) is 39.9 Å². The van der Waals surface area contributed by atoms with E-state index in [9.17, 15) is 0 Å². The van der Waals surface area contributed by atoms with Gasteiger partial charge in [0.25, 0.3) is 0 Å². The number of guanidine groups is 1. The number of aryl methyl sites for hydroxylation is 4. The van der Waals surface area contributed by atoms with Gasteiger partial charge in [0.2, 0.25) is 0 Å². The topological polar surface area (TPSA) is 50.4 Å². The van der Waals surface area contributed by atoms with Gasteiger partial charge in [-0.25, -0.2) is 0 Å². The van der Waals surface area contributed by atoms with E-state index in [4.69, 9.17) is 0 Å². The third-order valence-electron chi connectivity index (χ3n) is 3.98. The molecule has 132 valence electrons. The zero-order valence-electron chi connectivity index (χ0n) is 15.2. The Labute approximate surface area is 152 Å². The van der Waals surface area contributed by atoms with E-state index in [-0.39, 0.29) is 0 Å². The van der Waals surface area contributed by atoms with E-state index in [1.54, 1.807) is 0 Å². The lowest BCUT2D eigenvalue weighted by Gasteiger charge is -2.22. The van der Waals surface area contributed by atoms with Crippen molar-refractivity contribution in [1.29, 1.82) is 0 Å². The van der Waals surface area contributed by atoms with Crippen LogP contribution in [-0.4, -0.2) is 45.8 Å². The molecule has 6 nitrogen and oxygen atoms in total. The van der Waals surface area contributed by atoms with Crippen LogP contribution in [-0.2, 0) is 20.1 Å². The van der Waals surface area contributed by atoms with Gasteiger partial charge in [-0.05, 0) is 48.3 Å². The summed E-state index contributed by atoms with van der Waals surface area (Å²) < 4.78 is 5.28. The highest BCUT2D eigenvalue weighted by molar-refractivity contribution is 9.10. The third kappa shape index (κ3) is 4.87. The lowest BCUT2D eigenvalue weighted by atomic mass is 10.3. The molecule has 0 aliphatic rings. The molecule has 0 saturated heterocycles. The Hall–Kier alpha value is -1.76. The molecule has 0 aromatic carbocycles. The van der Waals surface area contributed by atoms with Gasteiger partial charge in [-0.3, -0.25) is 9.67 Å². The summed E-state index contributed by atoms with van der Waals surface area (Å²) >= 11 is 3.51. The van der Waals surface area contributed by atoms with Crippen LogP contribution in [0.3, 0.4) is 0 Å². The summed E-state index contributed by atoms with van der Waals surface area (Å²) in [7, 11) is 5.93. The molecule has 2 heterocycles. The molecule has 0 atom stereocenters. The van der Waals surface area contributed by atoms with Crippen molar-refractivity contribution in [2.75, 3.05) is 20.6 Å². The van der Waals surface area contributed by atoms with Crippen LogP contribution < -0.4 is 5.32 Å². The molecule has 2 aromatic heterocycles. The van der Waals surface area contributed by atoms with E-state index in [1.807, 2.05) is 14.0 Å². The van der Waals surface area contributed by atoms with Crippen molar-refractivity contribution in [3.63, 3.8) is 0 Å². The fraction of sp³-hybridized carbons (Fsp3) is 0.529. The first-order chi connectivity index (χ1) is 11.4. The van der Waals surface area contributed by atoms with Crippen molar-refractivity contribution in [2.45, 2.75) is 33.4 Å². The molecule has 0 aliphatic carbocycles. The molecular formula is C17H27BrN6. The fourth-order valence-corrected chi connectivity index (χ4v) is 3.33. The molecule has 0 radical (unpaired) electrons. The lowest BCUT2D eigenvalue weighted by Crippen LogP contribution is -2.39. The summed E-state index contributed by atoms with van der Waals surface area (Å²) in [4.78, 5) is 6.50. The number of aromatic nitrogens is 3. The Kier molecular flexibility index (Phi) is 6.48. The normalized spacial score (nSPS) is 11.8. The predicted molar refractivity (Wildman–Crippen MR) is 102 cm³/mol. The summed E-state index contributed by atoms with van der Waals surface area (Å²) in [5.41, 5.74) is 3.52. The minimum atomic E-state index is 0.805. The molecule has 0 spiro atoms. The monoisotopic (exact) mass is 394 g/mol. The first kappa shape index (κ1) is 18.6. The lowest BCUT2D eigenvalue weighted by molar-refractivity contribution is 0.457. The average Bonchev–Trinajstić information content (AvgIpc) is 3.00. The van der Waals surface area contributed by atoms with E-state index in [2.05, 4.69) is 84.8 Å². The highest BCUT2D eigenvalue weighted by atomic mass is 79.9. The number of nitrogens with zero attached hydrogens (tertiary/aromatic N) is 5. The smallest absolute Gasteiger partial charge is 0.193 e. The van der Waals surface area contributed by atoms with Gasteiger partial charge in [-0.1, -0.05) is 0 Å². The molecule has 0 aliphatic heterocycles. The van der Waals surface area contributed by atoms with E-state index in [0.29, 0.717) is 0 Å². The number of nitrogens with one attached hydrogen (secondary N) is 1. The molecular weight excluding hydrogens is 368 g/mol. The van der Waals surface area contributed by atoms with Crippen LogP contribution in [0.5, 0.6) is 0 Å². The summed E-state index contributed by atoms with van der Waals surface area (Å²) in [6, 6.07) is 4.24. The van der Waals surface area contributed by atoms with Crippen LogP contribution in [0.2, 0.25) is 0 Å². The van der Waals surface area contributed by atoms with Crippen molar-refractivity contribution in [1.82, 2.24) is 24.6 Å². The van der Waals surface area contributed by atoms with Gasteiger partial charge in [0, 0.05) is 56.3 Å². The van der Waals surface area contributed by atoms with Crippen LogP contribution in [0.1, 0.15) is 23.5 Å². The molecule has 0 fully saturated rings. The zero-order chi connectivity index (χ0) is 17.7. The van der Waals surface area contributed by atoms with Gasteiger partial charge in [-0.2, -0.15) is 5.10 Å². The summed E-state index contributed by atoms with van der Waals surface area (Å²) in [6.07, 6.45) is 3.07. The van der Waals surface area contributed by atoms with E-state index < -0.39 is 0 Å². The molecule has 2 rings (SSSR count). The second kappa shape index (κ2) is 8.37. The van der Waals surface area contributed by atoms with Gasteiger partial charge in [0.1, 0.15) is 0 Å². The van der Waals surface area contributed by atoms with Crippen molar-refractivity contribution in [2.24, 2.45) is 12.0 Å². The minimum absolute atomic E-state index is 0.805. The molecule has 0 unspecified atom stereocenters. The summed E-state index contributed by atoms with van der Waals surface area (Å²) in [6.45, 7) is 6.71. The van der Waals surface area contributed by atoms with E-state index in [1.165, 1.54) is 11.4 Å². The van der Waals surface area contributed by atoms with E-state index >= 15 is 0 Å². The van der Waals surface area contributed by atoms with Gasteiger partial charge in [0.05, 0.1) is 12.2 Å². The Morgan fingerprint density at radius 1 is 1.38 bits per heavy atom. The Bertz CT molecular complexity index is 700. The third-order valence-corrected chi connectivity index (χ3v) is 4.41. The van der Waals surface area contributed by atoms with Gasteiger partial charge >= 0.3 is 0 Å². The quantitative estimate of drug-likeness (QED) is 0.465. The predicted octanol–water partition coefficient (Wildman–Crippen LogP) is 2.70. The number of halogens is 1. The number of hydrogen-bond acceptors (Lipinski definition) is 2. The Morgan fingerprint density at radius 2 is 2.12 bits per heavy atom. The van der Waals surface area contributed by atoms with Crippen LogP contribution in [0.4, 0.5) is 0 Å². The van der Waals surface area contributed by atoms with Gasteiger partial charge in [0.15, 0.2) is 5.96 Å². The van der Waals surface area contributed by atoms with Crippen molar-refractivity contribution in [3.8, 4) is 0 Å². The Balaban J connectivity index is 1.81. The maximum atomic E-state index is 4.49. The van der Waals surface area contributed by atoms with E-state index in [0.717, 1.165) is 42.2 Å². The zero-order valence-corrected chi connectivity index (χ0v) is 16.8. The molecule has 7 heteroatoms. The molecule has 2 aromatic rings. The average molecular weight is 395 g/mol. The van der Waals surface area contributed by atoms with Crippen LogP contribution in [0.15, 0.2) is 27.8 Å². The highest BCUT2D eigenvalue weighted by Gasteiger charge is 2.09. The van der Waals surface area contributed by atoms with Gasteiger partial charge < -0.3 is 14.8 Å². The second-order valence-electron chi connectivity index (χ2n) is 6.09. The summed E-state index contributed by atoms with van der Waals surface area (Å²) in [5, 5.41) is 7.92. The van der Waals surface area contributed by atoms with Crippen molar-refractivity contribution >= 4 is 21.9 Å². The van der Waals surface area contributed by atoms with Gasteiger partial charge in [-0.15, -0.1) is 0 Å². The standard InChI is InChI=1S/C17H27BrN6/c1-13-9-14(2)24(21-13)8-6-7-20-17(19-3)23(5)12-16-10-15(18)11-22(16)4/h9-11H,6-8,12H2,1-5H3,(H,19,20). The molecule has 0 amide bonds. The van der Waals surface area contributed by atoms with Crippen LogP contribution in [0, 0.1) is 13.8 Å². The SMILES string of the molecule is CN=C(NCCCn1nc(C)cc1C)N(C)Cc1cc(Br)cn1C. The van der Waals surface area contributed by atoms with Crippen LogP contribution in [0.25, 0.3) is 0 Å². The molecule has 0 bridgehead atoms. The highest BCUT2D eigenvalue weighted by Crippen LogP contribution is 2.14. The first-order valence-electron chi connectivity index (χ1n) is 8.14.